The van der Waals surface area contributed by atoms with Crippen molar-refractivity contribution in [2.45, 2.75) is 6.54 Å². The van der Waals surface area contributed by atoms with E-state index in [-0.39, 0.29) is 17.3 Å². The summed E-state index contributed by atoms with van der Waals surface area (Å²) in [5, 5.41) is 13.4. The minimum atomic E-state index is -1.34. The SMILES string of the molecule is O=c1c(-c2c(F)cc(F)cc2F)c([O-])[n+](Cc2ccc(Cl)nc2)c2ccccn12. The quantitative estimate of drug-likeness (QED) is 0.380. The number of aromatic nitrogens is 3. The molecular weight excluding hydrogens is 407 g/mol. The summed E-state index contributed by atoms with van der Waals surface area (Å²) in [4.78, 5) is 16.8. The van der Waals surface area contributed by atoms with Crippen molar-refractivity contribution in [3.63, 3.8) is 0 Å². The van der Waals surface area contributed by atoms with Gasteiger partial charge in [0.25, 0.3) is 5.65 Å². The van der Waals surface area contributed by atoms with Gasteiger partial charge in [-0.2, -0.15) is 4.40 Å². The van der Waals surface area contributed by atoms with Crippen molar-refractivity contribution in [3.8, 4) is 17.0 Å². The highest BCUT2D eigenvalue weighted by Crippen LogP contribution is 2.28. The third kappa shape index (κ3) is 3.31. The van der Waals surface area contributed by atoms with Gasteiger partial charge in [-0.05, 0) is 12.1 Å². The van der Waals surface area contributed by atoms with E-state index >= 15 is 0 Å². The van der Waals surface area contributed by atoms with E-state index in [1.807, 2.05) is 0 Å². The molecule has 29 heavy (non-hydrogen) atoms. The second kappa shape index (κ2) is 7.21. The van der Waals surface area contributed by atoms with Gasteiger partial charge in [0.1, 0.15) is 34.7 Å². The molecule has 5 nitrogen and oxygen atoms in total. The first-order valence-electron chi connectivity index (χ1n) is 8.36. The van der Waals surface area contributed by atoms with Crippen LogP contribution in [0, 0.1) is 17.5 Å². The van der Waals surface area contributed by atoms with E-state index in [9.17, 15) is 23.1 Å². The van der Waals surface area contributed by atoms with Crippen molar-refractivity contribution >= 4 is 17.2 Å². The van der Waals surface area contributed by atoms with Gasteiger partial charge >= 0.3 is 5.56 Å². The van der Waals surface area contributed by atoms with Crippen LogP contribution < -0.4 is 15.2 Å². The third-order valence-corrected chi connectivity index (χ3v) is 4.62. The maximum Gasteiger partial charge on any atom is 0.349 e. The Bertz CT molecular complexity index is 1280. The highest BCUT2D eigenvalue weighted by atomic mass is 35.5. The molecule has 1 aromatic carbocycles. The molecule has 0 radical (unpaired) electrons. The van der Waals surface area contributed by atoms with Crippen molar-refractivity contribution in [1.29, 1.82) is 0 Å². The lowest BCUT2D eigenvalue weighted by Crippen LogP contribution is -2.44. The van der Waals surface area contributed by atoms with E-state index in [2.05, 4.69) is 4.98 Å². The minimum Gasteiger partial charge on any atom is -0.842 e. The lowest BCUT2D eigenvalue weighted by molar-refractivity contribution is -0.708. The Morgan fingerprint density at radius 2 is 1.79 bits per heavy atom. The first kappa shape index (κ1) is 18.9. The van der Waals surface area contributed by atoms with E-state index in [1.165, 1.54) is 35.2 Å². The van der Waals surface area contributed by atoms with Crippen molar-refractivity contribution in [1.82, 2.24) is 9.38 Å². The van der Waals surface area contributed by atoms with Crippen LogP contribution >= 0.6 is 11.6 Å². The molecule has 3 heterocycles. The fourth-order valence-electron chi connectivity index (χ4n) is 3.11. The highest BCUT2D eigenvalue weighted by molar-refractivity contribution is 6.29. The number of rotatable bonds is 3. The average molecular weight is 418 g/mol. The summed E-state index contributed by atoms with van der Waals surface area (Å²) in [6, 6.07) is 8.67. The van der Waals surface area contributed by atoms with Crippen LogP contribution in [0.1, 0.15) is 5.56 Å². The Morgan fingerprint density at radius 3 is 2.45 bits per heavy atom. The molecule has 0 aliphatic rings. The van der Waals surface area contributed by atoms with Gasteiger partial charge in [-0.25, -0.2) is 27.5 Å². The Hall–Kier alpha value is -3.39. The van der Waals surface area contributed by atoms with Gasteiger partial charge in [-0.1, -0.05) is 23.7 Å². The molecule has 0 saturated carbocycles. The van der Waals surface area contributed by atoms with E-state index in [1.54, 1.807) is 12.1 Å². The first-order valence-corrected chi connectivity index (χ1v) is 8.74. The number of fused-ring (bicyclic) bond motifs is 1. The standard InChI is InChI=1S/C20H11ClF3N3O2/c21-15-5-4-11(9-25-15)10-27-16-3-1-2-6-26(16)19(28)18(20(27)29)17-13(23)7-12(22)8-14(17)24/h1-9H,10H2. The minimum absolute atomic E-state index is 0.0335. The molecule has 0 aliphatic carbocycles. The van der Waals surface area contributed by atoms with Crippen LogP contribution in [0.15, 0.2) is 59.7 Å². The zero-order chi connectivity index (χ0) is 20.7. The molecule has 0 spiro atoms. The number of halogens is 4. The van der Waals surface area contributed by atoms with Gasteiger partial charge in [-0.15, -0.1) is 0 Å². The number of hydrogen-bond acceptors (Lipinski definition) is 3. The van der Waals surface area contributed by atoms with Gasteiger partial charge in [0, 0.05) is 30.0 Å². The average Bonchev–Trinajstić information content (AvgIpc) is 2.68. The molecule has 0 saturated heterocycles. The molecule has 9 heteroatoms. The fourth-order valence-corrected chi connectivity index (χ4v) is 3.22. The molecule has 3 aromatic heterocycles. The van der Waals surface area contributed by atoms with Crippen LogP contribution in [0.25, 0.3) is 16.8 Å². The zero-order valence-electron chi connectivity index (χ0n) is 14.6. The van der Waals surface area contributed by atoms with E-state index in [4.69, 9.17) is 11.6 Å². The number of hydrogen-bond donors (Lipinski definition) is 0. The molecule has 4 aromatic rings. The van der Waals surface area contributed by atoms with Crippen LogP contribution in [0.5, 0.6) is 5.88 Å². The Balaban J connectivity index is 2.04. The number of pyridine rings is 2. The van der Waals surface area contributed by atoms with Gasteiger partial charge in [-0.3, -0.25) is 0 Å². The monoisotopic (exact) mass is 417 g/mol. The fraction of sp³-hybridized carbons (Fsp3) is 0.0500. The Labute approximate surface area is 166 Å². The molecule has 4 rings (SSSR count). The van der Waals surface area contributed by atoms with Gasteiger partial charge < -0.3 is 5.11 Å². The highest BCUT2D eigenvalue weighted by Gasteiger charge is 2.25. The second-order valence-corrected chi connectivity index (χ2v) is 6.62. The summed E-state index contributed by atoms with van der Waals surface area (Å²) in [5.41, 5.74) is -1.73. The molecule has 146 valence electrons. The smallest absolute Gasteiger partial charge is 0.349 e. The number of nitrogens with zero attached hydrogens (tertiary/aromatic N) is 3. The normalized spacial score (nSPS) is 11.2. The largest absolute Gasteiger partial charge is 0.842 e. The molecule has 0 fully saturated rings. The molecular formula is C20H11ClF3N3O2. The lowest BCUT2D eigenvalue weighted by Gasteiger charge is -2.17. The predicted molar refractivity (Wildman–Crippen MR) is 97.0 cm³/mol. The number of benzene rings is 1. The summed E-state index contributed by atoms with van der Waals surface area (Å²) in [5.74, 6) is -4.75. The summed E-state index contributed by atoms with van der Waals surface area (Å²) < 4.78 is 44.3. The second-order valence-electron chi connectivity index (χ2n) is 6.23. The van der Waals surface area contributed by atoms with Crippen molar-refractivity contribution in [3.05, 3.63) is 93.4 Å². The summed E-state index contributed by atoms with van der Waals surface area (Å²) >= 11 is 5.78. The maximum absolute atomic E-state index is 14.4. The van der Waals surface area contributed by atoms with E-state index in [0.717, 1.165) is 4.40 Å². The summed E-state index contributed by atoms with van der Waals surface area (Å²) in [6.45, 7) is -0.0335. The Morgan fingerprint density at radius 1 is 1.07 bits per heavy atom. The van der Waals surface area contributed by atoms with Crippen LogP contribution in [0.3, 0.4) is 0 Å². The summed E-state index contributed by atoms with van der Waals surface area (Å²) in [6.07, 6.45) is 2.81. The van der Waals surface area contributed by atoms with Crippen molar-refractivity contribution in [2.24, 2.45) is 0 Å². The zero-order valence-corrected chi connectivity index (χ0v) is 15.3. The van der Waals surface area contributed by atoms with E-state index in [0.29, 0.717) is 17.7 Å². The van der Waals surface area contributed by atoms with Crippen LogP contribution in [-0.2, 0) is 6.54 Å². The summed E-state index contributed by atoms with van der Waals surface area (Å²) in [7, 11) is 0. The van der Waals surface area contributed by atoms with Crippen LogP contribution in [0.4, 0.5) is 13.2 Å². The van der Waals surface area contributed by atoms with Gasteiger partial charge in [0.05, 0.1) is 17.6 Å². The molecule has 0 unspecified atom stereocenters. The van der Waals surface area contributed by atoms with Crippen molar-refractivity contribution in [2.75, 3.05) is 0 Å². The van der Waals surface area contributed by atoms with Crippen LogP contribution in [0.2, 0.25) is 5.15 Å². The molecule has 0 N–H and O–H groups in total. The van der Waals surface area contributed by atoms with Gasteiger partial charge in [0.2, 0.25) is 0 Å². The predicted octanol–water partition coefficient (Wildman–Crippen LogP) is 2.84. The molecule has 0 amide bonds. The van der Waals surface area contributed by atoms with Crippen molar-refractivity contribution < 1.29 is 22.8 Å². The van der Waals surface area contributed by atoms with Crippen LogP contribution in [-0.4, -0.2) is 9.38 Å². The Kier molecular flexibility index (Phi) is 4.71. The van der Waals surface area contributed by atoms with E-state index < -0.39 is 40.0 Å². The third-order valence-electron chi connectivity index (χ3n) is 4.39. The lowest BCUT2D eigenvalue weighted by atomic mass is 10.1. The van der Waals surface area contributed by atoms with Gasteiger partial charge in [0.15, 0.2) is 0 Å². The maximum atomic E-state index is 14.4. The topological polar surface area (TPSA) is 61.3 Å². The molecule has 0 atom stereocenters. The molecule has 0 bridgehead atoms. The molecule has 0 aliphatic heterocycles. The first-order chi connectivity index (χ1) is 13.9.